The average molecular weight is 572 g/mol. The van der Waals surface area contributed by atoms with Gasteiger partial charge in [-0.05, 0) is 26.1 Å². The number of nitrogens with zero attached hydrogens (tertiary/aromatic N) is 6. The highest BCUT2D eigenvalue weighted by molar-refractivity contribution is 6.07. The first-order chi connectivity index (χ1) is 19.6. The summed E-state index contributed by atoms with van der Waals surface area (Å²) in [6.45, 7) is 6.32. The SMILES string of the molecule is C[C@H]1CN(c2cc(F)c(-c3cnc(N4CCOCC4)nc3)cc2NC(=O)c2cn(C)c(=O)cc2C(F)F)CCN1C. The van der Waals surface area contributed by atoms with Gasteiger partial charge < -0.3 is 29.3 Å². The van der Waals surface area contributed by atoms with Gasteiger partial charge in [0.15, 0.2) is 0 Å². The van der Waals surface area contributed by atoms with E-state index in [0.29, 0.717) is 63.1 Å². The molecule has 2 saturated heterocycles. The molecule has 0 spiro atoms. The smallest absolute Gasteiger partial charge is 0.264 e. The lowest BCUT2D eigenvalue weighted by Crippen LogP contribution is -2.50. The van der Waals surface area contributed by atoms with Crippen molar-refractivity contribution in [1.29, 1.82) is 0 Å². The van der Waals surface area contributed by atoms with E-state index in [2.05, 4.69) is 20.2 Å². The van der Waals surface area contributed by atoms with Crippen molar-refractivity contribution >= 4 is 23.2 Å². The molecule has 218 valence electrons. The predicted molar refractivity (Wildman–Crippen MR) is 149 cm³/mol. The van der Waals surface area contributed by atoms with Gasteiger partial charge in [-0.2, -0.15) is 0 Å². The van der Waals surface area contributed by atoms with E-state index in [9.17, 15) is 18.4 Å². The maximum absolute atomic E-state index is 15.7. The molecule has 0 unspecified atom stereocenters. The first-order valence-electron chi connectivity index (χ1n) is 13.4. The third kappa shape index (κ3) is 6.05. The van der Waals surface area contributed by atoms with Crippen LogP contribution in [0.2, 0.25) is 0 Å². The van der Waals surface area contributed by atoms with Crippen molar-refractivity contribution in [3.05, 3.63) is 64.1 Å². The molecule has 2 aliphatic heterocycles. The van der Waals surface area contributed by atoms with Crippen molar-refractivity contribution in [1.82, 2.24) is 19.4 Å². The number of amides is 1. The van der Waals surface area contributed by atoms with Crippen LogP contribution in [0.4, 0.5) is 30.5 Å². The molecular formula is C28H32F3N7O3. The second-order valence-corrected chi connectivity index (χ2v) is 10.3. The summed E-state index contributed by atoms with van der Waals surface area (Å²) in [6.07, 6.45) is 1.08. The summed E-state index contributed by atoms with van der Waals surface area (Å²) in [5, 5.41) is 2.72. The van der Waals surface area contributed by atoms with Crippen LogP contribution in [-0.2, 0) is 11.8 Å². The molecule has 2 aliphatic rings. The minimum Gasteiger partial charge on any atom is -0.378 e. The van der Waals surface area contributed by atoms with Crippen LogP contribution in [0.15, 0.2) is 41.6 Å². The number of benzene rings is 1. The first kappa shape index (κ1) is 28.6. The van der Waals surface area contributed by atoms with Gasteiger partial charge in [0.1, 0.15) is 5.82 Å². The van der Waals surface area contributed by atoms with E-state index in [1.165, 1.54) is 31.6 Å². The predicted octanol–water partition coefficient (Wildman–Crippen LogP) is 3.15. The monoisotopic (exact) mass is 571 g/mol. The van der Waals surface area contributed by atoms with E-state index >= 15 is 4.39 Å². The number of hydrogen-bond donors (Lipinski definition) is 1. The summed E-state index contributed by atoms with van der Waals surface area (Å²) in [4.78, 5) is 40.3. The Bertz CT molecular complexity index is 1480. The van der Waals surface area contributed by atoms with E-state index in [1.807, 2.05) is 23.8 Å². The van der Waals surface area contributed by atoms with Crippen LogP contribution >= 0.6 is 0 Å². The van der Waals surface area contributed by atoms with Crippen molar-refractivity contribution in [2.24, 2.45) is 7.05 Å². The zero-order valence-corrected chi connectivity index (χ0v) is 23.1. The molecule has 4 heterocycles. The number of pyridine rings is 1. The van der Waals surface area contributed by atoms with Crippen LogP contribution in [0.1, 0.15) is 29.3 Å². The quantitative estimate of drug-likeness (QED) is 0.482. The van der Waals surface area contributed by atoms with Crippen molar-refractivity contribution in [2.75, 3.05) is 68.1 Å². The maximum Gasteiger partial charge on any atom is 0.264 e. The third-order valence-electron chi connectivity index (χ3n) is 7.62. The normalized spacial score (nSPS) is 18.2. The van der Waals surface area contributed by atoms with E-state index < -0.39 is 29.3 Å². The number of nitrogens with one attached hydrogen (secondary N) is 1. The largest absolute Gasteiger partial charge is 0.378 e. The number of rotatable bonds is 6. The van der Waals surface area contributed by atoms with Crippen LogP contribution in [0.3, 0.4) is 0 Å². The van der Waals surface area contributed by atoms with E-state index in [0.717, 1.165) is 16.8 Å². The number of morpholine rings is 1. The van der Waals surface area contributed by atoms with Crippen LogP contribution < -0.4 is 20.7 Å². The number of ether oxygens (including phenoxy) is 1. The number of carbonyl (C=O) groups is 1. The molecule has 0 aliphatic carbocycles. The van der Waals surface area contributed by atoms with Gasteiger partial charge in [-0.25, -0.2) is 23.1 Å². The van der Waals surface area contributed by atoms with Crippen LogP contribution in [0.5, 0.6) is 0 Å². The van der Waals surface area contributed by atoms with Gasteiger partial charge in [0.05, 0.1) is 30.2 Å². The topological polar surface area (TPSA) is 95.8 Å². The summed E-state index contributed by atoms with van der Waals surface area (Å²) in [6, 6.07) is 3.73. The Morgan fingerprint density at radius 2 is 1.76 bits per heavy atom. The molecule has 41 heavy (non-hydrogen) atoms. The number of halogens is 3. The highest BCUT2D eigenvalue weighted by Crippen LogP contribution is 2.36. The minimum atomic E-state index is -3.03. The van der Waals surface area contributed by atoms with E-state index in [4.69, 9.17) is 4.74 Å². The molecule has 1 atom stereocenters. The summed E-state index contributed by atoms with van der Waals surface area (Å²) < 4.78 is 49.6. The Morgan fingerprint density at radius 3 is 2.41 bits per heavy atom. The minimum absolute atomic E-state index is 0.147. The van der Waals surface area contributed by atoms with Crippen molar-refractivity contribution in [2.45, 2.75) is 19.4 Å². The average Bonchev–Trinajstić information content (AvgIpc) is 2.97. The molecule has 0 saturated carbocycles. The number of alkyl halides is 2. The van der Waals surface area contributed by atoms with E-state index in [1.54, 1.807) is 0 Å². The summed E-state index contributed by atoms with van der Waals surface area (Å²) in [7, 11) is 3.38. The fourth-order valence-electron chi connectivity index (χ4n) is 5.00. The maximum atomic E-state index is 15.7. The van der Waals surface area contributed by atoms with Crippen LogP contribution in [0, 0.1) is 5.82 Å². The van der Waals surface area contributed by atoms with E-state index in [-0.39, 0.29) is 22.9 Å². The van der Waals surface area contributed by atoms with Gasteiger partial charge >= 0.3 is 0 Å². The fourth-order valence-corrected chi connectivity index (χ4v) is 5.00. The number of hydrogen-bond acceptors (Lipinski definition) is 8. The van der Waals surface area contributed by atoms with Gasteiger partial charge in [-0.1, -0.05) is 0 Å². The Kier molecular flexibility index (Phi) is 8.27. The van der Waals surface area contributed by atoms with Crippen LogP contribution in [0.25, 0.3) is 11.1 Å². The molecule has 13 heteroatoms. The second-order valence-electron chi connectivity index (χ2n) is 10.3. The zero-order valence-electron chi connectivity index (χ0n) is 23.1. The van der Waals surface area contributed by atoms with Crippen molar-refractivity contribution in [3.8, 4) is 11.1 Å². The van der Waals surface area contributed by atoms with Crippen molar-refractivity contribution in [3.63, 3.8) is 0 Å². The number of likely N-dealkylation sites (N-methyl/N-ethyl adjacent to an activating group) is 1. The molecule has 2 fully saturated rings. The molecule has 3 aromatic rings. The molecular weight excluding hydrogens is 539 g/mol. The van der Waals surface area contributed by atoms with Crippen LogP contribution in [-0.4, -0.2) is 84.4 Å². The lowest BCUT2D eigenvalue weighted by Gasteiger charge is -2.39. The number of carbonyl (C=O) groups excluding carboxylic acids is 1. The lowest BCUT2D eigenvalue weighted by atomic mass is 10.0. The number of aromatic nitrogens is 3. The molecule has 1 N–H and O–H groups in total. The Balaban J connectivity index is 1.53. The molecule has 2 aromatic heterocycles. The number of aryl methyl sites for hydroxylation is 1. The Morgan fingerprint density at radius 1 is 1.05 bits per heavy atom. The number of anilines is 3. The molecule has 1 amide bonds. The van der Waals surface area contributed by atoms with Gasteiger partial charge in [0.25, 0.3) is 17.9 Å². The summed E-state index contributed by atoms with van der Waals surface area (Å²) in [5.41, 5.74) is -0.464. The van der Waals surface area contributed by atoms with Gasteiger partial charge in [0, 0.05) is 87.2 Å². The molecule has 0 bridgehead atoms. The summed E-state index contributed by atoms with van der Waals surface area (Å²) in [5.74, 6) is -0.873. The molecule has 10 nitrogen and oxygen atoms in total. The molecule has 0 radical (unpaired) electrons. The van der Waals surface area contributed by atoms with Gasteiger partial charge in [-0.3, -0.25) is 9.59 Å². The Labute approximate surface area is 235 Å². The second kappa shape index (κ2) is 11.9. The highest BCUT2D eigenvalue weighted by Gasteiger charge is 2.27. The molecule has 5 rings (SSSR count). The highest BCUT2D eigenvalue weighted by atomic mass is 19.3. The Hall–Kier alpha value is -3.97. The van der Waals surface area contributed by atoms with Gasteiger partial charge in [-0.15, -0.1) is 0 Å². The summed E-state index contributed by atoms with van der Waals surface area (Å²) >= 11 is 0. The van der Waals surface area contributed by atoms with Crippen molar-refractivity contribution < 1.29 is 22.7 Å². The standard InChI is InChI=1S/C28H32F3N7O3/c1-17-15-38(5-4-35(17)2)24-12-22(29)19(18-13-32-28(33-14-18)37-6-8-41-9-7-37)10-23(24)34-27(40)21-16-36(3)25(39)11-20(21)26(30)31/h10-14,16-17,26H,4-9,15H2,1-3H3,(H,34,40)/t17-/m0/s1. The first-order valence-corrected chi connectivity index (χ1v) is 13.4. The lowest BCUT2D eigenvalue weighted by molar-refractivity contribution is 0.101. The third-order valence-corrected chi connectivity index (χ3v) is 7.62. The fraction of sp³-hybridized carbons (Fsp3) is 0.429. The number of piperazine rings is 1. The molecule has 1 aromatic carbocycles. The van der Waals surface area contributed by atoms with Gasteiger partial charge in [0.2, 0.25) is 5.95 Å². The zero-order chi connectivity index (χ0) is 29.3.